The van der Waals surface area contributed by atoms with Crippen molar-refractivity contribution in [2.45, 2.75) is 32.4 Å². The van der Waals surface area contributed by atoms with Crippen LogP contribution in [0.2, 0.25) is 0 Å². The van der Waals surface area contributed by atoms with Crippen molar-refractivity contribution in [3.8, 4) is 0 Å². The van der Waals surface area contributed by atoms with Gasteiger partial charge in [-0.15, -0.1) is 24.0 Å². The summed E-state index contributed by atoms with van der Waals surface area (Å²) >= 11 is 0. The highest BCUT2D eigenvalue weighted by Gasteiger charge is 2.13. The van der Waals surface area contributed by atoms with Crippen LogP contribution < -0.4 is 11.1 Å². The molecule has 3 N–H and O–H groups in total. The van der Waals surface area contributed by atoms with Gasteiger partial charge in [-0.3, -0.25) is 4.90 Å². The Hall–Kier alpha value is -1.64. The molecule has 0 amide bonds. The number of aryl methyl sites for hydroxylation is 2. The predicted octanol–water partition coefficient (Wildman–Crippen LogP) is 3.55. The smallest absolute Gasteiger partial charge is 0.193 e. The molecule has 0 unspecified atom stereocenters. The lowest BCUT2D eigenvalue weighted by Gasteiger charge is -2.27. The Morgan fingerprint density at radius 2 is 1.79 bits per heavy atom. The standard InChI is InChI=1S/C22H28N4O.HI/c23-22(25-21-9-8-17-6-3-7-18(17)14-21)24-15-19-4-1-2-5-20(19)16-26-10-12-27-13-11-26;/h1-2,4-5,8-9,14H,3,6-7,10-13,15-16H2,(H3,23,24,25);1H. The largest absolute Gasteiger partial charge is 0.379 e. The molecule has 2 aromatic carbocycles. The van der Waals surface area contributed by atoms with Crippen LogP contribution in [-0.4, -0.2) is 37.2 Å². The molecule has 2 aliphatic rings. The van der Waals surface area contributed by atoms with Crippen molar-refractivity contribution in [3.05, 3.63) is 64.7 Å². The zero-order valence-electron chi connectivity index (χ0n) is 16.2. The highest BCUT2D eigenvalue weighted by atomic mass is 127. The molecule has 0 spiro atoms. The lowest BCUT2D eigenvalue weighted by Crippen LogP contribution is -2.35. The monoisotopic (exact) mass is 492 g/mol. The minimum Gasteiger partial charge on any atom is -0.379 e. The number of aliphatic imine (C=N–C) groups is 1. The summed E-state index contributed by atoms with van der Waals surface area (Å²) in [4.78, 5) is 7.01. The fourth-order valence-corrected chi connectivity index (χ4v) is 3.87. The van der Waals surface area contributed by atoms with Crippen LogP contribution >= 0.6 is 24.0 Å². The lowest BCUT2D eigenvalue weighted by molar-refractivity contribution is 0.0341. The second-order valence-corrected chi connectivity index (χ2v) is 7.32. The first-order valence-corrected chi connectivity index (χ1v) is 9.83. The molecule has 2 aromatic rings. The summed E-state index contributed by atoms with van der Waals surface area (Å²) in [5.41, 5.74) is 12.6. The number of nitrogens with one attached hydrogen (secondary N) is 1. The lowest BCUT2D eigenvalue weighted by atomic mass is 10.1. The molecule has 1 heterocycles. The summed E-state index contributed by atoms with van der Waals surface area (Å²) in [6.45, 7) is 5.13. The Kier molecular flexibility index (Phi) is 7.70. The van der Waals surface area contributed by atoms with Gasteiger partial charge in [0.25, 0.3) is 0 Å². The van der Waals surface area contributed by atoms with E-state index in [2.05, 4.69) is 57.7 Å². The normalized spacial score (nSPS) is 17.1. The van der Waals surface area contributed by atoms with Crippen molar-refractivity contribution in [1.29, 1.82) is 0 Å². The number of hydrogen-bond acceptors (Lipinski definition) is 3. The molecule has 6 heteroatoms. The van der Waals surface area contributed by atoms with E-state index in [1.165, 1.54) is 35.1 Å². The van der Waals surface area contributed by atoms with Crippen molar-refractivity contribution in [1.82, 2.24) is 4.90 Å². The predicted molar refractivity (Wildman–Crippen MR) is 125 cm³/mol. The molecule has 0 aromatic heterocycles. The first-order valence-electron chi connectivity index (χ1n) is 9.83. The number of nitrogens with zero attached hydrogens (tertiary/aromatic N) is 2. The highest BCUT2D eigenvalue weighted by Crippen LogP contribution is 2.24. The van der Waals surface area contributed by atoms with Gasteiger partial charge < -0.3 is 15.8 Å². The fourth-order valence-electron chi connectivity index (χ4n) is 3.87. The molecule has 1 fully saturated rings. The van der Waals surface area contributed by atoms with Crippen molar-refractivity contribution in [2.75, 3.05) is 31.6 Å². The average molecular weight is 492 g/mol. The van der Waals surface area contributed by atoms with E-state index in [4.69, 9.17) is 10.5 Å². The van der Waals surface area contributed by atoms with Gasteiger partial charge in [0.15, 0.2) is 5.96 Å². The minimum atomic E-state index is 0. The summed E-state index contributed by atoms with van der Waals surface area (Å²) in [5.74, 6) is 0.467. The van der Waals surface area contributed by atoms with Gasteiger partial charge in [-0.2, -0.15) is 0 Å². The molecule has 1 saturated heterocycles. The van der Waals surface area contributed by atoms with Crippen LogP contribution in [0.25, 0.3) is 0 Å². The van der Waals surface area contributed by atoms with E-state index in [1.54, 1.807) is 0 Å². The van der Waals surface area contributed by atoms with Crippen LogP contribution in [0.15, 0.2) is 47.5 Å². The van der Waals surface area contributed by atoms with Crippen molar-refractivity contribution < 1.29 is 4.74 Å². The van der Waals surface area contributed by atoms with E-state index >= 15 is 0 Å². The molecule has 0 bridgehead atoms. The van der Waals surface area contributed by atoms with E-state index in [0.717, 1.165) is 45.0 Å². The van der Waals surface area contributed by atoms with Gasteiger partial charge in [-0.25, -0.2) is 4.99 Å². The van der Waals surface area contributed by atoms with Crippen molar-refractivity contribution >= 4 is 35.6 Å². The van der Waals surface area contributed by atoms with Gasteiger partial charge in [0, 0.05) is 25.3 Å². The SMILES string of the molecule is I.NC(=NCc1ccccc1CN1CCOCC1)Nc1ccc2c(c1)CCC2. The topological polar surface area (TPSA) is 62.9 Å². The molecule has 0 radical (unpaired) electrons. The molecule has 28 heavy (non-hydrogen) atoms. The zero-order chi connectivity index (χ0) is 18.5. The number of morpholine rings is 1. The summed E-state index contributed by atoms with van der Waals surface area (Å²) < 4.78 is 5.44. The number of anilines is 1. The van der Waals surface area contributed by atoms with E-state index in [9.17, 15) is 0 Å². The van der Waals surface area contributed by atoms with Gasteiger partial charge in [-0.1, -0.05) is 30.3 Å². The first-order chi connectivity index (χ1) is 13.3. The molecule has 5 nitrogen and oxygen atoms in total. The van der Waals surface area contributed by atoms with Gasteiger partial charge >= 0.3 is 0 Å². The summed E-state index contributed by atoms with van der Waals surface area (Å²) in [6, 6.07) is 15.0. The summed E-state index contributed by atoms with van der Waals surface area (Å²) in [6.07, 6.45) is 3.61. The Morgan fingerprint density at radius 1 is 1.04 bits per heavy atom. The number of rotatable bonds is 5. The Labute approximate surface area is 184 Å². The summed E-state index contributed by atoms with van der Waals surface area (Å²) in [5, 5.41) is 3.24. The minimum absolute atomic E-state index is 0. The van der Waals surface area contributed by atoms with Gasteiger partial charge in [0.05, 0.1) is 19.8 Å². The van der Waals surface area contributed by atoms with Crippen LogP contribution in [0.3, 0.4) is 0 Å². The fraction of sp³-hybridized carbons (Fsp3) is 0.409. The van der Waals surface area contributed by atoms with Crippen molar-refractivity contribution in [3.63, 3.8) is 0 Å². The Morgan fingerprint density at radius 3 is 2.61 bits per heavy atom. The molecular weight excluding hydrogens is 463 g/mol. The third-order valence-corrected chi connectivity index (χ3v) is 5.41. The van der Waals surface area contributed by atoms with E-state index in [-0.39, 0.29) is 24.0 Å². The maximum absolute atomic E-state index is 6.15. The van der Waals surface area contributed by atoms with E-state index < -0.39 is 0 Å². The zero-order valence-corrected chi connectivity index (χ0v) is 18.5. The number of guanidine groups is 1. The van der Waals surface area contributed by atoms with Gasteiger partial charge in [0.2, 0.25) is 0 Å². The second-order valence-electron chi connectivity index (χ2n) is 7.32. The number of hydrogen-bond donors (Lipinski definition) is 2. The van der Waals surface area contributed by atoms with E-state index in [1.807, 2.05) is 0 Å². The molecular formula is C22H29IN4O. The molecule has 1 aliphatic carbocycles. The number of fused-ring (bicyclic) bond motifs is 1. The number of ether oxygens (including phenoxy) is 1. The first kappa shape index (κ1) is 21.1. The quantitative estimate of drug-likeness (QED) is 0.381. The number of nitrogens with two attached hydrogens (primary N) is 1. The molecule has 150 valence electrons. The van der Waals surface area contributed by atoms with Crippen LogP contribution in [0.4, 0.5) is 5.69 Å². The Balaban J connectivity index is 0.00000225. The maximum atomic E-state index is 6.15. The van der Waals surface area contributed by atoms with Crippen LogP contribution in [0.1, 0.15) is 28.7 Å². The molecule has 1 aliphatic heterocycles. The van der Waals surface area contributed by atoms with Gasteiger partial charge in [-0.05, 0) is 53.6 Å². The average Bonchev–Trinajstić information content (AvgIpc) is 3.16. The second kappa shape index (κ2) is 10.2. The third-order valence-electron chi connectivity index (χ3n) is 5.41. The van der Waals surface area contributed by atoms with E-state index in [0.29, 0.717) is 12.5 Å². The van der Waals surface area contributed by atoms with Crippen molar-refractivity contribution in [2.24, 2.45) is 10.7 Å². The molecule has 4 rings (SSSR count). The van der Waals surface area contributed by atoms with Crippen LogP contribution in [-0.2, 0) is 30.7 Å². The molecule has 0 atom stereocenters. The Bertz CT molecular complexity index is 818. The highest BCUT2D eigenvalue weighted by molar-refractivity contribution is 14.0. The van der Waals surface area contributed by atoms with Crippen LogP contribution in [0.5, 0.6) is 0 Å². The molecule has 0 saturated carbocycles. The number of halogens is 1. The third kappa shape index (κ3) is 5.46. The maximum Gasteiger partial charge on any atom is 0.193 e. The number of benzene rings is 2. The summed E-state index contributed by atoms with van der Waals surface area (Å²) in [7, 11) is 0. The van der Waals surface area contributed by atoms with Gasteiger partial charge in [0.1, 0.15) is 0 Å². The van der Waals surface area contributed by atoms with Crippen LogP contribution in [0, 0.1) is 0 Å².